The minimum atomic E-state index is 0.281. The first-order chi connectivity index (χ1) is 7.16. The van der Waals surface area contributed by atoms with E-state index in [1.807, 2.05) is 10.9 Å². The number of nitrogens with two attached hydrogens (primary N) is 1. The zero-order chi connectivity index (χ0) is 10.8. The second kappa shape index (κ2) is 4.18. The van der Waals surface area contributed by atoms with Crippen LogP contribution in [0.5, 0.6) is 0 Å². The number of nitrogens with zero attached hydrogens (tertiary/aromatic N) is 4. The molecule has 1 fully saturated rings. The third-order valence-corrected chi connectivity index (χ3v) is 2.81. The van der Waals surface area contributed by atoms with Gasteiger partial charge in [0.15, 0.2) is 5.82 Å². The van der Waals surface area contributed by atoms with E-state index in [0.29, 0.717) is 6.04 Å². The largest absolute Gasteiger partial charge is 0.352 e. The summed E-state index contributed by atoms with van der Waals surface area (Å²) in [5.41, 5.74) is 5.93. The molecule has 0 amide bonds. The Morgan fingerprint density at radius 1 is 1.53 bits per heavy atom. The molecule has 0 unspecified atom stereocenters. The van der Waals surface area contributed by atoms with Crippen molar-refractivity contribution < 1.29 is 0 Å². The molecule has 15 heavy (non-hydrogen) atoms. The fraction of sp³-hybridized carbons (Fsp3) is 0.800. The lowest BCUT2D eigenvalue weighted by Gasteiger charge is -2.30. The van der Waals surface area contributed by atoms with Gasteiger partial charge < -0.3 is 10.6 Å². The topological polar surface area (TPSA) is 60.0 Å². The number of piperidine rings is 1. The molecule has 1 aromatic heterocycles. The molecule has 1 saturated heterocycles. The summed E-state index contributed by atoms with van der Waals surface area (Å²) in [5.74, 6) is 0.957. The third-order valence-electron chi connectivity index (χ3n) is 2.81. The zero-order valence-corrected chi connectivity index (χ0v) is 9.43. The molecule has 0 aromatic carbocycles. The lowest BCUT2D eigenvalue weighted by molar-refractivity contribution is 0.503. The van der Waals surface area contributed by atoms with Crippen LogP contribution in [0.25, 0.3) is 0 Å². The molecule has 1 atom stereocenters. The van der Waals surface area contributed by atoms with Crippen molar-refractivity contribution in [2.75, 3.05) is 18.0 Å². The molecule has 1 aliphatic heterocycles. The Hall–Kier alpha value is -1.10. The van der Waals surface area contributed by atoms with Crippen molar-refractivity contribution in [3.05, 3.63) is 6.20 Å². The second-order valence-electron chi connectivity index (χ2n) is 4.50. The Morgan fingerprint density at radius 3 is 2.93 bits per heavy atom. The Morgan fingerprint density at radius 2 is 2.33 bits per heavy atom. The van der Waals surface area contributed by atoms with Gasteiger partial charge in [-0.05, 0) is 26.7 Å². The lowest BCUT2D eigenvalue weighted by Crippen LogP contribution is -2.43. The van der Waals surface area contributed by atoms with Gasteiger partial charge in [-0.25, -0.2) is 4.68 Å². The normalized spacial score (nSPS) is 22.4. The summed E-state index contributed by atoms with van der Waals surface area (Å²) in [4.78, 5) is 2.22. The Labute approximate surface area is 90.2 Å². The fourth-order valence-electron chi connectivity index (χ4n) is 1.88. The molecule has 0 bridgehead atoms. The number of hydrogen-bond acceptors (Lipinski definition) is 4. The average Bonchev–Trinajstić information content (AvgIpc) is 2.66. The van der Waals surface area contributed by atoms with Crippen molar-refractivity contribution >= 4 is 5.82 Å². The summed E-state index contributed by atoms with van der Waals surface area (Å²) in [6.07, 6.45) is 4.27. The first-order valence-electron chi connectivity index (χ1n) is 5.59. The quantitative estimate of drug-likeness (QED) is 0.782. The summed E-state index contributed by atoms with van der Waals surface area (Å²) in [7, 11) is 0. The van der Waals surface area contributed by atoms with E-state index in [4.69, 9.17) is 5.73 Å². The highest BCUT2D eigenvalue weighted by Crippen LogP contribution is 2.17. The summed E-state index contributed by atoms with van der Waals surface area (Å²) < 4.78 is 1.88. The number of aromatic nitrogens is 3. The molecule has 0 radical (unpaired) electrons. The van der Waals surface area contributed by atoms with E-state index < -0.39 is 0 Å². The van der Waals surface area contributed by atoms with Gasteiger partial charge in [0.1, 0.15) is 0 Å². The third kappa shape index (κ3) is 2.28. The van der Waals surface area contributed by atoms with Crippen molar-refractivity contribution in [3.63, 3.8) is 0 Å². The van der Waals surface area contributed by atoms with E-state index in [0.717, 1.165) is 31.7 Å². The number of hydrogen-bond donors (Lipinski definition) is 1. The Kier molecular flexibility index (Phi) is 2.90. The van der Waals surface area contributed by atoms with E-state index in [9.17, 15) is 0 Å². The van der Waals surface area contributed by atoms with Crippen LogP contribution >= 0.6 is 0 Å². The van der Waals surface area contributed by atoms with Crippen LogP contribution in [0.3, 0.4) is 0 Å². The molecule has 1 aromatic rings. The van der Waals surface area contributed by atoms with E-state index in [2.05, 4.69) is 29.1 Å². The minimum absolute atomic E-state index is 0.281. The van der Waals surface area contributed by atoms with Crippen LogP contribution < -0.4 is 10.6 Å². The second-order valence-corrected chi connectivity index (χ2v) is 4.50. The monoisotopic (exact) mass is 209 g/mol. The van der Waals surface area contributed by atoms with Crippen LogP contribution in [0.15, 0.2) is 6.20 Å². The fourth-order valence-corrected chi connectivity index (χ4v) is 1.88. The highest BCUT2D eigenvalue weighted by atomic mass is 15.5. The molecular weight excluding hydrogens is 190 g/mol. The van der Waals surface area contributed by atoms with Gasteiger partial charge in [-0.2, -0.15) is 0 Å². The van der Waals surface area contributed by atoms with Crippen LogP contribution in [-0.4, -0.2) is 34.1 Å². The zero-order valence-electron chi connectivity index (χ0n) is 9.43. The van der Waals surface area contributed by atoms with Gasteiger partial charge in [0.2, 0.25) is 0 Å². The number of anilines is 1. The molecule has 0 spiro atoms. The standard InChI is InChI=1S/C10H19N5/c1-8(2)15-7-10(12-13-15)14-5-3-4-9(11)6-14/h7-9H,3-6,11H2,1-2H3/t9-/m1/s1. The lowest BCUT2D eigenvalue weighted by atomic mass is 10.1. The highest BCUT2D eigenvalue weighted by molar-refractivity contribution is 5.35. The van der Waals surface area contributed by atoms with Gasteiger partial charge >= 0.3 is 0 Å². The molecule has 0 saturated carbocycles. The first-order valence-corrected chi connectivity index (χ1v) is 5.59. The number of rotatable bonds is 2. The van der Waals surface area contributed by atoms with Gasteiger partial charge in [-0.1, -0.05) is 5.21 Å². The van der Waals surface area contributed by atoms with Crippen LogP contribution in [-0.2, 0) is 0 Å². The van der Waals surface area contributed by atoms with E-state index in [1.54, 1.807) is 0 Å². The molecule has 5 heteroatoms. The summed E-state index contributed by atoms with van der Waals surface area (Å²) in [6.45, 7) is 6.14. The maximum atomic E-state index is 5.93. The SMILES string of the molecule is CC(C)n1cc(N2CCC[C@@H](N)C2)nn1. The van der Waals surface area contributed by atoms with Crippen molar-refractivity contribution in [1.29, 1.82) is 0 Å². The minimum Gasteiger partial charge on any atom is -0.352 e. The van der Waals surface area contributed by atoms with E-state index in [-0.39, 0.29) is 6.04 Å². The molecule has 84 valence electrons. The van der Waals surface area contributed by atoms with Crippen molar-refractivity contribution in [3.8, 4) is 0 Å². The van der Waals surface area contributed by atoms with Crippen LogP contribution in [0.1, 0.15) is 32.7 Å². The summed E-state index contributed by atoms with van der Waals surface area (Å²) >= 11 is 0. The van der Waals surface area contributed by atoms with Gasteiger partial charge in [-0.15, -0.1) is 5.10 Å². The summed E-state index contributed by atoms with van der Waals surface area (Å²) in [6, 6.07) is 0.646. The molecule has 2 N–H and O–H groups in total. The van der Waals surface area contributed by atoms with Crippen molar-refractivity contribution in [2.24, 2.45) is 5.73 Å². The molecular formula is C10H19N5. The van der Waals surface area contributed by atoms with Crippen LogP contribution in [0.2, 0.25) is 0 Å². The van der Waals surface area contributed by atoms with Crippen molar-refractivity contribution in [2.45, 2.75) is 38.8 Å². The molecule has 5 nitrogen and oxygen atoms in total. The van der Waals surface area contributed by atoms with Gasteiger partial charge in [-0.3, -0.25) is 0 Å². The summed E-state index contributed by atoms with van der Waals surface area (Å²) in [5, 5.41) is 8.28. The van der Waals surface area contributed by atoms with Crippen LogP contribution in [0, 0.1) is 0 Å². The maximum absolute atomic E-state index is 5.93. The first kappa shape index (κ1) is 10.4. The molecule has 2 heterocycles. The Balaban J connectivity index is 2.08. The highest BCUT2D eigenvalue weighted by Gasteiger charge is 2.19. The van der Waals surface area contributed by atoms with E-state index >= 15 is 0 Å². The predicted molar refractivity (Wildman–Crippen MR) is 59.8 cm³/mol. The molecule has 1 aliphatic rings. The van der Waals surface area contributed by atoms with Gasteiger partial charge in [0, 0.05) is 25.2 Å². The Bertz CT molecular complexity index is 319. The van der Waals surface area contributed by atoms with Crippen molar-refractivity contribution in [1.82, 2.24) is 15.0 Å². The van der Waals surface area contributed by atoms with E-state index in [1.165, 1.54) is 0 Å². The van der Waals surface area contributed by atoms with Crippen LogP contribution in [0.4, 0.5) is 5.82 Å². The molecule has 0 aliphatic carbocycles. The smallest absolute Gasteiger partial charge is 0.171 e. The molecule has 2 rings (SSSR count). The maximum Gasteiger partial charge on any atom is 0.171 e. The van der Waals surface area contributed by atoms with Gasteiger partial charge in [0.05, 0.1) is 6.20 Å². The predicted octanol–water partition coefficient (Wildman–Crippen LogP) is 0.786. The average molecular weight is 209 g/mol. The van der Waals surface area contributed by atoms with Gasteiger partial charge in [0.25, 0.3) is 0 Å².